The first-order valence-corrected chi connectivity index (χ1v) is 11.6. The monoisotopic (exact) mass is 464 g/mol. The molecule has 1 unspecified atom stereocenters. The van der Waals surface area contributed by atoms with Crippen molar-refractivity contribution in [3.8, 4) is 11.1 Å². The van der Waals surface area contributed by atoms with E-state index in [2.05, 4.69) is 34.5 Å². The fraction of sp³-hybridized carbons (Fsp3) is 0.133. The summed E-state index contributed by atoms with van der Waals surface area (Å²) in [7, 11) is 0. The number of amides is 1. The highest BCUT2D eigenvalue weighted by Gasteiger charge is 2.28. The van der Waals surface area contributed by atoms with Crippen LogP contribution in [-0.2, 0) is 17.8 Å². The Bertz CT molecular complexity index is 1340. The highest BCUT2D eigenvalue weighted by atomic mass is 19.1. The number of anilines is 1. The Labute approximate surface area is 204 Å². The van der Waals surface area contributed by atoms with Gasteiger partial charge >= 0.3 is 0 Å². The van der Waals surface area contributed by atoms with Gasteiger partial charge < -0.3 is 10.2 Å². The van der Waals surface area contributed by atoms with Gasteiger partial charge in [-0.1, -0.05) is 78.9 Å². The van der Waals surface area contributed by atoms with Crippen molar-refractivity contribution in [2.45, 2.75) is 19.0 Å². The number of ketones is 1. The minimum absolute atomic E-state index is 0.227. The Hall–Kier alpha value is -4.25. The first-order valence-electron chi connectivity index (χ1n) is 11.6. The molecule has 0 fully saturated rings. The minimum atomic E-state index is -0.598. The van der Waals surface area contributed by atoms with Gasteiger partial charge in [0.1, 0.15) is 5.82 Å². The third kappa shape index (κ3) is 5.14. The summed E-state index contributed by atoms with van der Waals surface area (Å²) in [6, 6.07) is 31.2. The first-order chi connectivity index (χ1) is 17.1. The van der Waals surface area contributed by atoms with Crippen LogP contribution in [-0.4, -0.2) is 24.3 Å². The number of hydrogen-bond donors (Lipinski definition) is 1. The Balaban J connectivity index is 1.43. The zero-order valence-electron chi connectivity index (χ0n) is 19.2. The molecule has 4 nitrogen and oxygen atoms in total. The van der Waals surface area contributed by atoms with Gasteiger partial charge in [-0.15, -0.1) is 0 Å². The normalized spacial score (nSPS) is 14.8. The van der Waals surface area contributed by atoms with Crippen LogP contribution in [0.1, 0.15) is 21.5 Å². The summed E-state index contributed by atoms with van der Waals surface area (Å²) in [6.45, 7) is 1.27. The number of nitrogens with zero attached hydrogens (tertiary/aromatic N) is 1. The number of carbonyl (C=O) groups excluding carboxylic acids is 2. The van der Waals surface area contributed by atoms with Gasteiger partial charge in [0.05, 0.1) is 6.04 Å². The average Bonchev–Trinajstić information content (AvgIpc) is 2.89. The third-order valence-electron chi connectivity index (χ3n) is 6.30. The van der Waals surface area contributed by atoms with Crippen molar-refractivity contribution >= 4 is 17.4 Å². The third-order valence-corrected chi connectivity index (χ3v) is 6.30. The summed E-state index contributed by atoms with van der Waals surface area (Å²) < 4.78 is 13.4. The van der Waals surface area contributed by atoms with Crippen LogP contribution in [0.5, 0.6) is 0 Å². The molecule has 1 aliphatic heterocycles. The second kappa shape index (κ2) is 9.94. The first kappa shape index (κ1) is 22.5. The van der Waals surface area contributed by atoms with E-state index in [1.807, 2.05) is 30.3 Å². The maximum Gasteiger partial charge on any atom is 0.292 e. The molecule has 1 aliphatic rings. The molecule has 0 radical (unpaired) electrons. The lowest BCUT2D eigenvalue weighted by molar-refractivity contribution is -0.117. The summed E-state index contributed by atoms with van der Waals surface area (Å²) >= 11 is 0. The Morgan fingerprint density at radius 2 is 1.49 bits per heavy atom. The van der Waals surface area contributed by atoms with Gasteiger partial charge in [0.2, 0.25) is 5.78 Å². The van der Waals surface area contributed by atoms with Crippen LogP contribution in [0.2, 0.25) is 0 Å². The Morgan fingerprint density at radius 1 is 0.829 bits per heavy atom. The maximum absolute atomic E-state index is 13.4. The van der Waals surface area contributed by atoms with Crippen molar-refractivity contribution < 1.29 is 14.0 Å². The maximum atomic E-state index is 13.4. The standard InChI is InChI=1S/C30H25FN2O2/c31-26-14-11-22(12-15-26)24-13-16-28-25(17-24)18-27(20-33(28)19-21-7-3-1-4-8-21)32-30(35)29(34)23-9-5-2-6-10-23/h1-17,27H,18-20H2,(H,32,35). The SMILES string of the molecule is O=C(NC1Cc2cc(-c3ccc(F)cc3)ccc2N(Cc2ccccc2)C1)C(=O)c1ccccc1. The van der Waals surface area contributed by atoms with E-state index in [4.69, 9.17) is 0 Å². The molecule has 4 aromatic rings. The van der Waals surface area contributed by atoms with E-state index in [0.29, 0.717) is 25.1 Å². The van der Waals surface area contributed by atoms with Gasteiger partial charge in [-0.3, -0.25) is 9.59 Å². The molecule has 0 bridgehead atoms. The molecule has 1 N–H and O–H groups in total. The van der Waals surface area contributed by atoms with E-state index in [0.717, 1.165) is 27.9 Å². The molecule has 0 aromatic heterocycles. The lowest BCUT2D eigenvalue weighted by Crippen LogP contribution is -2.49. The van der Waals surface area contributed by atoms with E-state index < -0.39 is 11.7 Å². The molecule has 5 rings (SSSR count). The van der Waals surface area contributed by atoms with Crippen LogP contribution in [0, 0.1) is 5.82 Å². The van der Waals surface area contributed by atoms with E-state index in [-0.39, 0.29) is 11.9 Å². The zero-order valence-corrected chi connectivity index (χ0v) is 19.2. The van der Waals surface area contributed by atoms with Gasteiger partial charge in [-0.05, 0) is 52.9 Å². The van der Waals surface area contributed by atoms with Gasteiger partial charge in [0, 0.05) is 24.3 Å². The predicted molar refractivity (Wildman–Crippen MR) is 136 cm³/mol. The lowest BCUT2D eigenvalue weighted by atomic mass is 9.93. The van der Waals surface area contributed by atoms with Crippen molar-refractivity contribution in [2.75, 3.05) is 11.4 Å². The fourth-order valence-corrected chi connectivity index (χ4v) is 4.60. The molecule has 4 aromatic carbocycles. The van der Waals surface area contributed by atoms with E-state index in [9.17, 15) is 14.0 Å². The van der Waals surface area contributed by atoms with Gasteiger partial charge in [-0.25, -0.2) is 4.39 Å². The molecule has 35 heavy (non-hydrogen) atoms. The topological polar surface area (TPSA) is 49.4 Å². The number of hydrogen-bond acceptors (Lipinski definition) is 3. The van der Waals surface area contributed by atoms with Crippen molar-refractivity contribution in [1.82, 2.24) is 5.32 Å². The van der Waals surface area contributed by atoms with Crippen molar-refractivity contribution in [3.05, 3.63) is 126 Å². The fourth-order valence-electron chi connectivity index (χ4n) is 4.60. The highest BCUT2D eigenvalue weighted by Crippen LogP contribution is 2.33. The van der Waals surface area contributed by atoms with Crippen LogP contribution < -0.4 is 10.2 Å². The van der Waals surface area contributed by atoms with Gasteiger partial charge in [0.15, 0.2) is 0 Å². The molecule has 1 atom stereocenters. The number of Topliss-reactive ketones (excluding diaryl/α,β-unsaturated/α-hetero) is 1. The number of benzene rings is 4. The second-order valence-electron chi connectivity index (χ2n) is 8.79. The minimum Gasteiger partial charge on any atom is -0.365 e. The van der Waals surface area contributed by atoms with Crippen LogP contribution >= 0.6 is 0 Å². The summed E-state index contributed by atoms with van der Waals surface area (Å²) in [6.07, 6.45) is 0.601. The smallest absolute Gasteiger partial charge is 0.292 e. The van der Waals surface area contributed by atoms with Crippen molar-refractivity contribution in [1.29, 1.82) is 0 Å². The molecule has 1 heterocycles. The van der Waals surface area contributed by atoms with E-state index in [1.165, 1.54) is 12.1 Å². The van der Waals surface area contributed by atoms with Crippen LogP contribution in [0.15, 0.2) is 103 Å². The summed E-state index contributed by atoms with van der Waals surface area (Å²) in [5, 5.41) is 2.96. The highest BCUT2D eigenvalue weighted by molar-refractivity contribution is 6.42. The van der Waals surface area contributed by atoms with Crippen LogP contribution in [0.3, 0.4) is 0 Å². The quantitative estimate of drug-likeness (QED) is 0.306. The summed E-state index contributed by atoms with van der Waals surface area (Å²) in [5.41, 5.74) is 5.62. The van der Waals surface area contributed by atoms with Crippen LogP contribution in [0.4, 0.5) is 10.1 Å². The van der Waals surface area contributed by atoms with Gasteiger partial charge in [-0.2, -0.15) is 0 Å². The lowest BCUT2D eigenvalue weighted by Gasteiger charge is -2.37. The predicted octanol–water partition coefficient (Wildman–Crippen LogP) is 5.42. The van der Waals surface area contributed by atoms with E-state index in [1.54, 1.807) is 36.4 Å². The number of fused-ring (bicyclic) bond motifs is 1. The Kier molecular flexibility index (Phi) is 6.40. The number of nitrogens with one attached hydrogen (secondary N) is 1. The number of carbonyl (C=O) groups is 2. The molecule has 0 saturated heterocycles. The molecule has 1 amide bonds. The largest absolute Gasteiger partial charge is 0.365 e. The zero-order chi connectivity index (χ0) is 24.2. The molecule has 174 valence electrons. The van der Waals surface area contributed by atoms with Crippen LogP contribution in [0.25, 0.3) is 11.1 Å². The molecule has 0 saturated carbocycles. The second-order valence-corrected chi connectivity index (χ2v) is 8.79. The Morgan fingerprint density at radius 3 is 2.20 bits per heavy atom. The summed E-state index contributed by atoms with van der Waals surface area (Å²) in [4.78, 5) is 27.7. The average molecular weight is 465 g/mol. The molecule has 0 aliphatic carbocycles. The molecular weight excluding hydrogens is 439 g/mol. The molecule has 5 heteroatoms. The number of rotatable bonds is 6. The van der Waals surface area contributed by atoms with E-state index >= 15 is 0 Å². The molecule has 0 spiro atoms. The summed E-state index contributed by atoms with van der Waals surface area (Å²) in [5.74, 6) is -1.41. The number of halogens is 1. The van der Waals surface area contributed by atoms with Crippen molar-refractivity contribution in [3.63, 3.8) is 0 Å². The molecular formula is C30H25FN2O2. The van der Waals surface area contributed by atoms with Gasteiger partial charge in [0.25, 0.3) is 5.91 Å². The van der Waals surface area contributed by atoms with Crippen molar-refractivity contribution in [2.24, 2.45) is 0 Å².